The van der Waals surface area contributed by atoms with Gasteiger partial charge in [-0.1, -0.05) is 6.07 Å². The third kappa shape index (κ3) is 2.14. The van der Waals surface area contributed by atoms with Crippen LogP contribution in [0.2, 0.25) is 0 Å². The lowest BCUT2D eigenvalue weighted by molar-refractivity contribution is 0.0681. The second-order valence-electron chi connectivity index (χ2n) is 5.20. The summed E-state index contributed by atoms with van der Waals surface area (Å²) in [5.74, 6) is -0.183. The van der Waals surface area contributed by atoms with Crippen LogP contribution in [0.5, 0.6) is 0 Å². The first-order valence-electron chi connectivity index (χ1n) is 6.71. The zero-order valence-electron chi connectivity index (χ0n) is 11.5. The standard InChI is InChI=1S/C16H16FNOS/c1-10-6-8-20-15(10)16(19)18-7-5-12-3-4-13(17)9-14(12)11(18)2/h3-4,6,8-9,11H,5,7H2,1-2H3. The normalized spacial score (nSPS) is 17.9. The van der Waals surface area contributed by atoms with Crippen LogP contribution in [0, 0.1) is 12.7 Å². The van der Waals surface area contributed by atoms with E-state index in [1.165, 1.54) is 17.4 Å². The van der Waals surface area contributed by atoms with E-state index in [1.54, 1.807) is 6.07 Å². The monoisotopic (exact) mass is 289 g/mol. The van der Waals surface area contributed by atoms with Crippen molar-refractivity contribution in [1.82, 2.24) is 4.90 Å². The highest BCUT2D eigenvalue weighted by atomic mass is 32.1. The Morgan fingerprint density at radius 2 is 2.20 bits per heavy atom. The lowest BCUT2D eigenvalue weighted by atomic mass is 9.93. The highest BCUT2D eigenvalue weighted by Gasteiger charge is 2.29. The summed E-state index contributed by atoms with van der Waals surface area (Å²) in [5.41, 5.74) is 3.09. The summed E-state index contributed by atoms with van der Waals surface area (Å²) < 4.78 is 13.4. The minimum Gasteiger partial charge on any atom is -0.331 e. The molecule has 0 fully saturated rings. The van der Waals surface area contributed by atoms with Crippen molar-refractivity contribution >= 4 is 17.2 Å². The van der Waals surface area contributed by atoms with E-state index in [9.17, 15) is 9.18 Å². The number of amides is 1. The van der Waals surface area contributed by atoms with Crippen LogP contribution in [-0.2, 0) is 6.42 Å². The van der Waals surface area contributed by atoms with Gasteiger partial charge in [-0.15, -0.1) is 11.3 Å². The third-order valence-corrected chi connectivity index (χ3v) is 4.97. The predicted molar refractivity (Wildman–Crippen MR) is 78.6 cm³/mol. The average molecular weight is 289 g/mol. The van der Waals surface area contributed by atoms with E-state index < -0.39 is 0 Å². The molecule has 1 aromatic heterocycles. The molecule has 2 aromatic rings. The molecule has 0 saturated heterocycles. The molecule has 1 aliphatic heterocycles. The van der Waals surface area contributed by atoms with Crippen molar-refractivity contribution in [2.45, 2.75) is 26.3 Å². The lowest BCUT2D eigenvalue weighted by Crippen LogP contribution is -2.38. The van der Waals surface area contributed by atoms with Gasteiger partial charge in [0.1, 0.15) is 5.82 Å². The molecule has 0 spiro atoms. The summed E-state index contributed by atoms with van der Waals surface area (Å²) in [6.07, 6.45) is 0.788. The molecule has 0 aliphatic carbocycles. The molecule has 20 heavy (non-hydrogen) atoms. The maximum absolute atomic E-state index is 13.4. The van der Waals surface area contributed by atoms with Gasteiger partial charge < -0.3 is 4.90 Å². The number of aryl methyl sites for hydroxylation is 1. The number of hydrogen-bond acceptors (Lipinski definition) is 2. The molecular formula is C16H16FNOS. The van der Waals surface area contributed by atoms with E-state index in [0.29, 0.717) is 6.54 Å². The van der Waals surface area contributed by atoms with Crippen LogP contribution in [0.4, 0.5) is 4.39 Å². The van der Waals surface area contributed by atoms with Crippen LogP contribution in [0.3, 0.4) is 0 Å². The average Bonchev–Trinajstić information content (AvgIpc) is 2.85. The molecule has 0 radical (unpaired) electrons. The molecule has 1 aromatic carbocycles. The Labute approximate surface area is 121 Å². The molecule has 1 aliphatic rings. The van der Waals surface area contributed by atoms with Crippen LogP contribution < -0.4 is 0 Å². The van der Waals surface area contributed by atoms with Crippen molar-refractivity contribution in [2.75, 3.05) is 6.54 Å². The number of thiophene rings is 1. The minimum absolute atomic E-state index is 0.0555. The summed E-state index contributed by atoms with van der Waals surface area (Å²) in [4.78, 5) is 15.3. The lowest BCUT2D eigenvalue weighted by Gasteiger charge is -2.35. The van der Waals surface area contributed by atoms with E-state index in [4.69, 9.17) is 0 Å². The Kier molecular flexibility index (Phi) is 3.34. The zero-order valence-corrected chi connectivity index (χ0v) is 12.3. The molecule has 1 atom stereocenters. The smallest absolute Gasteiger partial charge is 0.264 e. The van der Waals surface area contributed by atoms with Crippen molar-refractivity contribution < 1.29 is 9.18 Å². The van der Waals surface area contributed by atoms with E-state index in [-0.39, 0.29) is 17.8 Å². The SMILES string of the molecule is Cc1ccsc1C(=O)N1CCc2ccc(F)cc2C1C. The van der Waals surface area contributed by atoms with E-state index in [1.807, 2.05) is 36.3 Å². The molecular weight excluding hydrogens is 273 g/mol. The van der Waals surface area contributed by atoms with Gasteiger partial charge in [0.2, 0.25) is 0 Å². The third-order valence-electron chi connectivity index (χ3n) is 3.96. The van der Waals surface area contributed by atoms with Gasteiger partial charge in [-0.05, 0) is 60.5 Å². The summed E-state index contributed by atoms with van der Waals surface area (Å²) in [7, 11) is 0. The topological polar surface area (TPSA) is 20.3 Å². The summed E-state index contributed by atoms with van der Waals surface area (Å²) in [6, 6.07) is 6.76. The first kappa shape index (κ1) is 13.3. The van der Waals surface area contributed by atoms with Gasteiger partial charge in [0.15, 0.2) is 0 Å². The molecule has 0 bridgehead atoms. The fraction of sp³-hybridized carbons (Fsp3) is 0.312. The number of carbonyl (C=O) groups is 1. The largest absolute Gasteiger partial charge is 0.331 e. The number of carbonyl (C=O) groups excluding carboxylic acids is 1. The van der Waals surface area contributed by atoms with Crippen LogP contribution in [0.15, 0.2) is 29.6 Å². The van der Waals surface area contributed by atoms with Crippen LogP contribution in [0.25, 0.3) is 0 Å². The number of halogens is 1. The van der Waals surface area contributed by atoms with E-state index >= 15 is 0 Å². The van der Waals surface area contributed by atoms with E-state index in [2.05, 4.69) is 0 Å². The second kappa shape index (κ2) is 5.02. The minimum atomic E-state index is -0.239. The van der Waals surface area contributed by atoms with Gasteiger partial charge in [-0.25, -0.2) is 4.39 Å². The molecule has 1 amide bonds. The highest BCUT2D eigenvalue weighted by Crippen LogP contribution is 2.32. The van der Waals surface area contributed by atoms with Gasteiger partial charge in [0, 0.05) is 6.54 Å². The zero-order chi connectivity index (χ0) is 14.3. The van der Waals surface area contributed by atoms with Crippen molar-refractivity contribution in [1.29, 1.82) is 0 Å². The van der Waals surface area contributed by atoms with Crippen LogP contribution >= 0.6 is 11.3 Å². The van der Waals surface area contributed by atoms with Gasteiger partial charge >= 0.3 is 0 Å². The molecule has 1 unspecified atom stereocenters. The number of hydrogen-bond donors (Lipinski definition) is 0. The van der Waals surface area contributed by atoms with Gasteiger partial charge in [0.05, 0.1) is 10.9 Å². The van der Waals surface area contributed by atoms with Crippen LogP contribution in [0.1, 0.15) is 39.3 Å². The molecule has 104 valence electrons. The summed E-state index contributed by atoms with van der Waals surface area (Å²) in [5, 5.41) is 1.94. The Bertz CT molecular complexity index is 664. The first-order chi connectivity index (χ1) is 9.58. The van der Waals surface area contributed by atoms with E-state index in [0.717, 1.165) is 28.0 Å². The highest BCUT2D eigenvalue weighted by molar-refractivity contribution is 7.12. The Morgan fingerprint density at radius 3 is 2.90 bits per heavy atom. The molecule has 0 saturated carbocycles. The Balaban J connectivity index is 1.94. The number of benzene rings is 1. The second-order valence-corrected chi connectivity index (χ2v) is 6.12. The van der Waals surface area contributed by atoms with Crippen molar-refractivity contribution in [2.24, 2.45) is 0 Å². The molecule has 0 N–H and O–H groups in total. The summed E-state index contributed by atoms with van der Waals surface area (Å²) in [6.45, 7) is 4.61. The van der Waals surface area contributed by atoms with Crippen molar-refractivity contribution in [3.8, 4) is 0 Å². The van der Waals surface area contributed by atoms with Gasteiger partial charge in [0.25, 0.3) is 5.91 Å². The Hall–Kier alpha value is -1.68. The number of fused-ring (bicyclic) bond motifs is 1. The van der Waals surface area contributed by atoms with Crippen molar-refractivity contribution in [3.63, 3.8) is 0 Å². The molecule has 3 rings (SSSR count). The van der Waals surface area contributed by atoms with Crippen molar-refractivity contribution in [3.05, 3.63) is 57.0 Å². The van der Waals surface area contributed by atoms with Gasteiger partial charge in [-0.2, -0.15) is 0 Å². The van der Waals surface area contributed by atoms with Gasteiger partial charge in [-0.3, -0.25) is 4.79 Å². The Morgan fingerprint density at radius 1 is 1.40 bits per heavy atom. The number of rotatable bonds is 1. The molecule has 4 heteroatoms. The molecule has 2 nitrogen and oxygen atoms in total. The predicted octanol–water partition coefficient (Wildman–Crippen LogP) is 3.96. The maximum Gasteiger partial charge on any atom is 0.264 e. The first-order valence-corrected chi connectivity index (χ1v) is 7.59. The molecule has 2 heterocycles. The summed E-state index contributed by atoms with van der Waals surface area (Å²) >= 11 is 1.47. The fourth-order valence-electron chi connectivity index (χ4n) is 2.78. The number of nitrogens with zero attached hydrogens (tertiary/aromatic N) is 1. The fourth-order valence-corrected chi connectivity index (χ4v) is 3.66. The van der Waals surface area contributed by atoms with Crippen LogP contribution in [-0.4, -0.2) is 17.4 Å². The quantitative estimate of drug-likeness (QED) is 0.778. The maximum atomic E-state index is 13.4.